The van der Waals surface area contributed by atoms with Gasteiger partial charge in [-0.15, -0.1) is 11.3 Å². The molecule has 0 unspecified atom stereocenters. The van der Waals surface area contributed by atoms with Crippen molar-refractivity contribution in [1.29, 1.82) is 0 Å². The van der Waals surface area contributed by atoms with E-state index in [0.29, 0.717) is 36.6 Å². The Labute approximate surface area is 244 Å². The minimum atomic E-state index is -4.93. The first kappa shape index (κ1) is 31.9. The Morgan fingerprint density at radius 2 is 1.63 bits per heavy atom. The molecule has 1 aromatic carbocycles. The van der Waals surface area contributed by atoms with Crippen LogP contribution in [-0.2, 0) is 26.4 Å². The van der Waals surface area contributed by atoms with Crippen LogP contribution in [0.1, 0.15) is 101 Å². The van der Waals surface area contributed by atoms with Crippen LogP contribution in [0.5, 0.6) is 0 Å². The smallest absolute Gasteiger partial charge is 0.381 e. The number of benzene rings is 1. The number of carbonyl (C=O) groups is 1. The van der Waals surface area contributed by atoms with Gasteiger partial charge in [-0.1, -0.05) is 39.2 Å². The molecule has 2 heterocycles. The van der Waals surface area contributed by atoms with Crippen LogP contribution in [0, 0.1) is 5.92 Å². The molecule has 1 aliphatic heterocycles. The standard InChI is InChI=1S/C29H40F3N3O4S2/c1-27(2,3)35-41(37,38)22-12-11-18(17-21(22)29(30,31)32)23-24(28(4,5)19-9-7-6-8-10-19)34-26(40-23)25(36)33-20-13-15-39-16-14-20/h11-12,17,19-20,35H,6-10,13-16H2,1-5H3,(H,33,36). The molecule has 1 saturated carbocycles. The summed E-state index contributed by atoms with van der Waals surface area (Å²) < 4.78 is 76.7. The monoisotopic (exact) mass is 615 g/mol. The fraction of sp³-hybridized carbons (Fsp3) is 0.655. The Morgan fingerprint density at radius 3 is 2.22 bits per heavy atom. The molecule has 1 aromatic heterocycles. The largest absolute Gasteiger partial charge is 0.417 e. The second-order valence-corrected chi connectivity index (χ2v) is 15.3. The van der Waals surface area contributed by atoms with E-state index in [1.165, 1.54) is 6.07 Å². The molecule has 1 amide bonds. The normalized spacial score (nSPS) is 18.4. The van der Waals surface area contributed by atoms with Crippen LogP contribution in [0.4, 0.5) is 13.2 Å². The average molecular weight is 616 g/mol. The summed E-state index contributed by atoms with van der Waals surface area (Å²) in [6.45, 7) is 9.88. The van der Waals surface area contributed by atoms with Crippen LogP contribution >= 0.6 is 11.3 Å². The van der Waals surface area contributed by atoms with Gasteiger partial charge in [0.15, 0.2) is 5.01 Å². The Hall–Kier alpha value is -2.02. The number of halogens is 3. The predicted octanol–water partition coefficient (Wildman–Crippen LogP) is 6.67. The number of nitrogens with one attached hydrogen (secondary N) is 2. The van der Waals surface area contributed by atoms with Crippen molar-refractivity contribution in [3.8, 4) is 10.4 Å². The van der Waals surface area contributed by atoms with Crippen molar-refractivity contribution in [3.63, 3.8) is 0 Å². The molecule has 2 fully saturated rings. The maximum absolute atomic E-state index is 14.3. The summed E-state index contributed by atoms with van der Waals surface area (Å²) in [4.78, 5) is 17.7. The lowest BCUT2D eigenvalue weighted by molar-refractivity contribution is -0.139. The number of rotatable bonds is 7. The van der Waals surface area contributed by atoms with Crippen molar-refractivity contribution in [3.05, 3.63) is 34.5 Å². The highest BCUT2D eigenvalue weighted by Gasteiger charge is 2.41. The number of nitrogens with zero attached hydrogens (tertiary/aromatic N) is 1. The fourth-order valence-electron chi connectivity index (χ4n) is 5.74. The second-order valence-electron chi connectivity index (χ2n) is 12.7. The Kier molecular flexibility index (Phi) is 9.28. The third kappa shape index (κ3) is 7.50. The van der Waals surface area contributed by atoms with Crippen molar-refractivity contribution >= 4 is 27.3 Å². The molecule has 0 atom stereocenters. The zero-order valence-corrected chi connectivity index (χ0v) is 25.9. The lowest BCUT2D eigenvalue weighted by atomic mass is 9.69. The topological polar surface area (TPSA) is 97.4 Å². The van der Waals surface area contributed by atoms with E-state index in [1.807, 2.05) is 13.8 Å². The van der Waals surface area contributed by atoms with Crippen LogP contribution < -0.4 is 10.0 Å². The van der Waals surface area contributed by atoms with Crippen LogP contribution in [-0.4, -0.2) is 44.1 Å². The average Bonchev–Trinajstić information content (AvgIpc) is 3.34. The predicted molar refractivity (Wildman–Crippen MR) is 154 cm³/mol. The molecule has 2 aliphatic rings. The number of aromatic nitrogens is 1. The van der Waals surface area contributed by atoms with Crippen LogP contribution in [0.25, 0.3) is 10.4 Å². The molecular formula is C29H40F3N3O4S2. The van der Waals surface area contributed by atoms with Crippen molar-refractivity contribution in [2.24, 2.45) is 5.92 Å². The third-order valence-electron chi connectivity index (χ3n) is 7.89. The van der Waals surface area contributed by atoms with Gasteiger partial charge in [-0.3, -0.25) is 4.79 Å². The number of hydrogen-bond acceptors (Lipinski definition) is 6. The van der Waals surface area contributed by atoms with Crippen molar-refractivity contribution in [2.45, 2.75) is 108 Å². The van der Waals surface area contributed by atoms with Gasteiger partial charge in [-0.2, -0.15) is 13.2 Å². The highest BCUT2D eigenvalue weighted by molar-refractivity contribution is 7.89. The van der Waals surface area contributed by atoms with Gasteiger partial charge in [-0.05, 0) is 70.1 Å². The first-order chi connectivity index (χ1) is 19.0. The molecule has 0 spiro atoms. The number of ether oxygens (including phenoxy) is 1. The molecule has 0 bridgehead atoms. The molecule has 4 rings (SSSR count). The minimum Gasteiger partial charge on any atom is -0.381 e. The molecule has 2 N–H and O–H groups in total. The van der Waals surface area contributed by atoms with Crippen molar-refractivity contribution in [1.82, 2.24) is 15.0 Å². The number of sulfonamides is 1. The van der Waals surface area contributed by atoms with Crippen LogP contribution in [0.3, 0.4) is 0 Å². The van der Waals surface area contributed by atoms with E-state index in [4.69, 9.17) is 9.72 Å². The van der Waals surface area contributed by atoms with Gasteiger partial charge in [0.05, 0.1) is 21.0 Å². The van der Waals surface area contributed by atoms with Gasteiger partial charge in [0.25, 0.3) is 5.91 Å². The number of thiazole rings is 1. The van der Waals surface area contributed by atoms with Gasteiger partial charge in [0, 0.05) is 30.2 Å². The van der Waals surface area contributed by atoms with Crippen molar-refractivity contribution in [2.75, 3.05) is 13.2 Å². The van der Waals surface area contributed by atoms with Gasteiger partial charge in [-0.25, -0.2) is 18.1 Å². The van der Waals surface area contributed by atoms with Gasteiger partial charge in [0.2, 0.25) is 10.0 Å². The summed E-state index contributed by atoms with van der Waals surface area (Å²) >= 11 is 1.06. The molecule has 41 heavy (non-hydrogen) atoms. The number of hydrogen-bond donors (Lipinski definition) is 2. The number of alkyl halides is 3. The quantitative estimate of drug-likeness (QED) is 0.363. The second kappa shape index (κ2) is 11.9. The summed E-state index contributed by atoms with van der Waals surface area (Å²) in [6.07, 6.45) is 1.64. The third-order valence-corrected chi connectivity index (χ3v) is 10.8. The van der Waals surface area contributed by atoms with E-state index >= 15 is 0 Å². The molecule has 0 radical (unpaired) electrons. The SMILES string of the molecule is CC(C)(C)NS(=O)(=O)c1ccc(-c2sc(C(=O)NC3CCOCC3)nc2C(C)(C)C2CCCCC2)cc1C(F)(F)F. The summed E-state index contributed by atoms with van der Waals surface area (Å²) in [7, 11) is -4.47. The zero-order valence-electron chi connectivity index (χ0n) is 24.3. The number of carbonyl (C=O) groups excluding carboxylic acids is 1. The fourth-order valence-corrected chi connectivity index (χ4v) is 8.50. The minimum absolute atomic E-state index is 0.0601. The first-order valence-corrected chi connectivity index (χ1v) is 16.4. The molecule has 1 aliphatic carbocycles. The van der Waals surface area contributed by atoms with Gasteiger partial charge < -0.3 is 10.1 Å². The summed E-state index contributed by atoms with van der Waals surface area (Å²) in [6, 6.07) is 3.21. The zero-order chi connectivity index (χ0) is 30.2. The van der Waals surface area contributed by atoms with E-state index < -0.39 is 37.6 Å². The van der Waals surface area contributed by atoms with Crippen molar-refractivity contribution < 1.29 is 31.1 Å². The van der Waals surface area contributed by atoms with E-state index in [0.717, 1.165) is 55.6 Å². The molecular weight excluding hydrogens is 575 g/mol. The van der Waals surface area contributed by atoms with Gasteiger partial charge in [0.1, 0.15) is 0 Å². The maximum atomic E-state index is 14.3. The Bertz CT molecular complexity index is 1350. The summed E-state index contributed by atoms with van der Waals surface area (Å²) in [5.74, 6) is -0.111. The van der Waals surface area contributed by atoms with Gasteiger partial charge >= 0.3 is 6.18 Å². The summed E-state index contributed by atoms with van der Waals surface area (Å²) in [5, 5.41) is 3.19. The van der Waals surface area contributed by atoms with E-state index in [2.05, 4.69) is 10.0 Å². The van der Waals surface area contributed by atoms with Crippen LogP contribution in [0.2, 0.25) is 0 Å². The number of amides is 1. The van der Waals surface area contributed by atoms with E-state index in [-0.39, 0.29) is 28.4 Å². The van der Waals surface area contributed by atoms with E-state index in [1.54, 1.807) is 20.8 Å². The molecule has 2 aromatic rings. The molecule has 1 saturated heterocycles. The van der Waals surface area contributed by atoms with E-state index in [9.17, 15) is 26.4 Å². The highest BCUT2D eigenvalue weighted by Crippen LogP contribution is 2.47. The molecule has 7 nitrogen and oxygen atoms in total. The highest BCUT2D eigenvalue weighted by atomic mass is 32.2. The van der Waals surface area contributed by atoms with Crippen LogP contribution in [0.15, 0.2) is 23.1 Å². The first-order valence-electron chi connectivity index (χ1n) is 14.1. The maximum Gasteiger partial charge on any atom is 0.417 e. The lowest BCUT2D eigenvalue weighted by Gasteiger charge is -2.36. The lowest BCUT2D eigenvalue weighted by Crippen LogP contribution is -2.41. The molecule has 12 heteroatoms. The molecule has 228 valence electrons. The Balaban J connectivity index is 1.82. The Morgan fingerprint density at radius 1 is 1.00 bits per heavy atom. The summed E-state index contributed by atoms with van der Waals surface area (Å²) in [5.41, 5.74) is -1.98.